The normalized spacial score (nSPS) is 25.9. The zero-order valence-electron chi connectivity index (χ0n) is 13.3. The lowest BCUT2D eigenvalue weighted by Crippen LogP contribution is -2.23. The van der Waals surface area contributed by atoms with Gasteiger partial charge in [-0.15, -0.1) is 0 Å². The van der Waals surface area contributed by atoms with Crippen LogP contribution in [0.25, 0.3) is 5.57 Å². The van der Waals surface area contributed by atoms with Gasteiger partial charge in [-0.25, -0.2) is 0 Å². The molecule has 3 rings (SSSR count). The van der Waals surface area contributed by atoms with E-state index in [2.05, 4.69) is 58.1 Å². The highest BCUT2D eigenvalue weighted by molar-refractivity contribution is 5.91. The third-order valence-electron chi connectivity index (χ3n) is 5.32. The summed E-state index contributed by atoms with van der Waals surface area (Å²) in [5.41, 5.74) is 10.3. The molecule has 1 aromatic carbocycles. The van der Waals surface area contributed by atoms with Crippen LogP contribution in [0.4, 0.5) is 5.69 Å². The largest absolute Gasteiger partial charge is 0.382 e. The molecule has 1 heteroatoms. The summed E-state index contributed by atoms with van der Waals surface area (Å²) in [5.74, 6) is 0.585. The van der Waals surface area contributed by atoms with Gasteiger partial charge in [-0.3, -0.25) is 0 Å². The first-order valence-corrected chi connectivity index (χ1v) is 7.78. The van der Waals surface area contributed by atoms with Crippen molar-refractivity contribution in [3.05, 3.63) is 46.0 Å². The van der Waals surface area contributed by atoms with Gasteiger partial charge in [0.2, 0.25) is 0 Å². The number of nitrogens with one attached hydrogen (secondary N) is 1. The lowest BCUT2D eigenvalue weighted by Gasteiger charge is -2.27. The number of hydrogen-bond acceptors (Lipinski definition) is 1. The van der Waals surface area contributed by atoms with E-state index in [-0.39, 0.29) is 0 Å². The Balaban J connectivity index is 2.17. The molecule has 2 unspecified atom stereocenters. The number of para-hydroxylation sites is 1. The van der Waals surface area contributed by atoms with Crippen molar-refractivity contribution in [1.29, 1.82) is 0 Å². The summed E-state index contributed by atoms with van der Waals surface area (Å²) in [6.07, 6.45) is 2.43. The van der Waals surface area contributed by atoms with Crippen molar-refractivity contribution >= 4 is 11.3 Å². The molecule has 2 aliphatic rings. The number of hydrogen-bond donors (Lipinski definition) is 1. The molecular weight excluding hydrogens is 242 g/mol. The van der Waals surface area contributed by atoms with Crippen LogP contribution < -0.4 is 5.32 Å². The molecule has 0 spiro atoms. The van der Waals surface area contributed by atoms with E-state index in [4.69, 9.17) is 0 Å². The van der Waals surface area contributed by atoms with Gasteiger partial charge in [-0.1, -0.05) is 36.3 Å². The van der Waals surface area contributed by atoms with Crippen LogP contribution in [0.5, 0.6) is 0 Å². The van der Waals surface area contributed by atoms with Crippen molar-refractivity contribution in [1.82, 2.24) is 0 Å². The Labute approximate surface area is 122 Å². The molecule has 1 nitrogen and oxygen atoms in total. The van der Waals surface area contributed by atoms with Gasteiger partial charge in [0.25, 0.3) is 0 Å². The minimum absolute atomic E-state index is 0.578. The molecule has 0 amide bonds. The van der Waals surface area contributed by atoms with Gasteiger partial charge < -0.3 is 5.32 Å². The summed E-state index contributed by atoms with van der Waals surface area (Å²) >= 11 is 0. The lowest BCUT2D eigenvalue weighted by atomic mass is 9.89. The molecule has 1 heterocycles. The standard InChI is InChI=1S/C19H25N/c1-11-9-10-16-7-6-8-17(19(16)20-11)18-14(4)12(2)13(3)15(18)5/h6-8,11-12,20H,9-10H2,1-5H3. The zero-order valence-corrected chi connectivity index (χ0v) is 13.3. The average Bonchev–Trinajstić information content (AvgIpc) is 2.63. The molecule has 1 aromatic rings. The molecule has 106 valence electrons. The second kappa shape index (κ2) is 4.80. The van der Waals surface area contributed by atoms with E-state index >= 15 is 0 Å². The molecular formula is C19H25N. The van der Waals surface area contributed by atoms with E-state index in [9.17, 15) is 0 Å². The highest BCUT2D eigenvalue weighted by Gasteiger charge is 2.27. The fraction of sp³-hybridized carbons (Fsp3) is 0.474. The predicted octanol–water partition coefficient (Wildman–Crippen LogP) is 5.19. The molecule has 1 N–H and O–H groups in total. The van der Waals surface area contributed by atoms with Crippen LogP contribution in [-0.2, 0) is 6.42 Å². The van der Waals surface area contributed by atoms with Crippen LogP contribution in [0.3, 0.4) is 0 Å². The molecule has 0 fully saturated rings. The first kappa shape index (κ1) is 13.5. The Morgan fingerprint density at radius 3 is 2.45 bits per heavy atom. The van der Waals surface area contributed by atoms with Crippen molar-refractivity contribution in [2.75, 3.05) is 5.32 Å². The van der Waals surface area contributed by atoms with E-state index in [1.54, 1.807) is 0 Å². The Morgan fingerprint density at radius 1 is 1.05 bits per heavy atom. The lowest BCUT2D eigenvalue weighted by molar-refractivity contribution is 0.680. The molecule has 1 aliphatic carbocycles. The van der Waals surface area contributed by atoms with Gasteiger partial charge >= 0.3 is 0 Å². The van der Waals surface area contributed by atoms with E-state index in [0.29, 0.717) is 12.0 Å². The van der Waals surface area contributed by atoms with E-state index < -0.39 is 0 Å². The zero-order chi connectivity index (χ0) is 14.4. The third-order valence-corrected chi connectivity index (χ3v) is 5.32. The van der Waals surface area contributed by atoms with Crippen LogP contribution in [0, 0.1) is 5.92 Å². The second-order valence-electron chi connectivity index (χ2n) is 6.51. The van der Waals surface area contributed by atoms with Gasteiger partial charge in [0.15, 0.2) is 0 Å². The summed E-state index contributed by atoms with van der Waals surface area (Å²) in [6, 6.07) is 7.36. The van der Waals surface area contributed by atoms with Gasteiger partial charge in [-0.2, -0.15) is 0 Å². The maximum absolute atomic E-state index is 3.72. The fourth-order valence-electron chi connectivity index (χ4n) is 3.65. The van der Waals surface area contributed by atoms with Crippen LogP contribution >= 0.6 is 0 Å². The van der Waals surface area contributed by atoms with Crippen LogP contribution in [-0.4, -0.2) is 6.04 Å². The van der Waals surface area contributed by atoms with Crippen LogP contribution in [0.2, 0.25) is 0 Å². The summed E-state index contributed by atoms with van der Waals surface area (Å²) in [5, 5.41) is 3.72. The first-order valence-electron chi connectivity index (χ1n) is 7.78. The molecule has 0 radical (unpaired) electrons. The van der Waals surface area contributed by atoms with E-state index in [1.807, 2.05) is 0 Å². The number of aryl methyl sites for hydroxylation is 1. The molecule has 0 saturated carbocycles. The first-order chi connectivity index (χ1) is 9.50. The number of benzene rings is 1. The summed E-state index contributed by atoms with van der Waals surface area (Å²) in [4.78, 5) is 0. The van der Waals surface area contributed by atoms with Crippen molar-refractivity contribution in [2.24, 2.45) is 5.92 Å². The number of anilines is 1. The maximum atomic E-state index is 3.72. The van der Waals surface area contributed by atoms with Gasteiger partial charge in [-0.05, 0) is 63.2 Å². The van der Waals surface area contributed by atoms with Crippen molar-refractivity contribution in [3.8, 4) is 0 Å². The summed E-state index contributed by atoms with van der Waals surface area (Å²) in [7, 11) is 0. The molecule has 1 aliphatic heterocycles. The molecule has 0 bridgehead atoms. The SMILES string of the molecule is CC1=C(C)C(C)C(C)=C1c1cccc2c1NC(C)CC2. The van der Waals surface area contributed by atoms with Crippen molar-refractivity contribution in [2.45, 2.75) is 53.5 Å². The second-order valence-corrected chi connectivity index (χ2v) is 6.51. The Bertz CT molecular complexity index is 619. The number of allylic oxidation sites excluding steroid dienone is 4. The predicted molar refractivity (Wildman–Crippen MR) is 88.0 cm³/mol. The Kier molecular flexibility index (Phi) is 3.24. The summed E-state index contributed by atoms with van der Waals surface area (Å²) < 4.78 is 0. The molecule has 0 saturated heterocycles. The monoisotopic (exact) mass is 267 g/mol. The summed E-state index contributed by atoms with van der Waals surface area (Å²) in [6.45, 7) is 11.5. The average molecular weight is 267 g/mol. The molecule has 2 atom stereocenters. The van der Waals surface area contributed by atoms with Crippen LogP contribution in [0.15, 0.2) is 34.9 Å². The molecule has 0 aromatic heterocycles. The van der Waals surface area contributed by atoms with Gasteiger partial charge in [0.1, 0.15) is 0 Å². The number of rotatable bonds is 1. The fourth-order valence-corrected chi connectivity index (χ4v) is 3.65. The minimum Gasteiger partial charge on any atom is -0.382 e. The van der Waals surface area contributed by atoms with Crippen molar-refractivity contribution in [3.63, 3.8) is 0 Å². The maximum Gasteiger partial charge on any atom is 0.0454 e. The third kappa shape index (κ3) is 1.91. The Hall–Kier alpha value is -1.50. The van der Waals surface area contributed by atoms with E-state index in [0.717, 1.165) is 0 Å². The topological polar surface area (TPSA) is 12.0 Å². The highest BCUT2D eigenvalue weighted by atomic mass is 14.9. The minimum atomic E-state index is 0.578. The van der Waals surface area contributed by atoms with Gasteiger partial charge in [0, 0.05) is 17.3 Å². The van der Waals surface area contributed by atoms with Gasteiger partial charge in [0.05, 0.1) is 0 Å². The van der Waals surface area contributed by atoms with Crippen LogP contribution in [0.1, 0.15) is 52.2 Å². The Morgan fingerprint density at radius 2 is 1.80 bits per heavy atom. The number of fused-ring (bicyclic) bond motifs is 1. The van der Waals surface area contributed by atoms with E-state index in [1.165, 1.54) is 51.9 Å². The van der Waals surface area contributed by atoms with Crippen molar-refractivity contribution < 1.29 is 0 Å². The smallest absolute Gasteiger partial charge is 0.0454 e. The quantitative estimate of drug-likeness (QED) is 0.738. The highest BCUT2D eigenvalue weighted by Crippen LogP contribution is 2.45. The molecule has 20 heavy (non-hydrogen) atoms.